The van der Waals surface area contributed by atoms with Crippen molar-refractivity contribution in [2.24, 2.45) is 5.73 Å². The van der Waals surface area contributed by atoms with Crippen LogP contribution in [-0.2, 0) is 30.5 Å². The normalized spacial score (nSPS) is 16.6. The van der Waals surface area contributed by atoms with E-state index in [0.717, 1.165) is 27.2 Å². The summed E-state index contributed by atoms with van der Waals surface area (Å²) < 4.78 is 12.5. The van der Waals surface area contributed by atoms with E-state index in [4.69, 9.17) is 25.4 Å². The van der Waals surface area contributed by atoms with Crippen LogP contribution in [0.4, 0.5) is 5.69 Å². The van der Waals surface area contributed by atoms with Crippen molar-refractivity contribution in [2.75, 3.05) is 24.2 Å². The number of carbonyl (C=O) groups excluding carboxylic acids is 3. The number of aromatic nitrogens is 3. The molecule has 1 aromatic carbocycles. The van der Waals surface area contributed by atoms with Crippen molar-refractivity contribution in [3.63, 3.8) is 0 Å². The van der Waals surface area contributed by atoms with Gasteiger partial charge in [-0.3, -0.25) is 24.0 Å². The number of pyridine rings is 1. The number of amides is 3. The third-order valence-corrected chi connectivity index (χ3v) is 9.85. The number of carboxylic acids is 2. The van der Waals surface area contributed by atoms with Gasteiger partial charge in [-0.15, -0.1) is 11.3 Å². The highest BCUT2D eigenvalue weighted by Gasteiger charge is 2.29. The number of aliphatic hydroxyl groups is 1. The fourth-order valence-corrected chi connectivity index (χ4v) is 6.92. The Balaban J connectivity index is 1.38. The van der Waals surface area contributed by atoms with E-state index in [1.165, 1.54) is 17.5 Å². The maximum Gasteiger partial charge on any atom is 0.322 e. The van der Waals surface area contributed by atoms with E-state index in [1.807, 2.05) is 13.0 Å². The maximum atomic E-state index is 12.9. The number of ether oxygens (including phenoxy) is 2. The number of carbonyl (C=O) groups is 5. The number of nitrogens with two attached hydrogens (primary N) is 1. The lowest BCUT2D eigenvalue weighted by Crippen LogP contribution is -2.49. The molecule has 0 bridgehead atoms. The molecule has 3 amide bonds. The molecule has 0 aliphatic carbocycles. The second-order valence-corrected chi connectivity index (χ2v) is 13.6. The van der Waals surface area contributed by atoms with Crippen molar-refractivity contribution in [3.8, 4) is 11.8 Å². The van der Waals surface area contributed by atoms with Crippen LogP contribution in [0.1, 0.15) is 41.9 Å². The van der Waals surface area contributed by atoms with E-state index in [1.54, 1.807) is 25.1 Å². The first-order valence-electron chi connectivity index (χ1n) is 16.0. The molecule has 3 aromatic heterocycles. The minimum Gasteiger partial charge on any atom is -0.480 e. The predicted molar refractivity (Wildman–Crippen MR) is 189 cm³/mol. The Labute approximate surface area is 303 Å². The molecule has 4 atom stereocenters. The second kappa shape index (κ2) is 16.9. The van der Waals surface area contributed by atoms with Gasteiger partial charge in [0.25, 0.3) is 5.91 Å². The highest BCUT2D eigenvalue weighted by Crippen LogP contribution is 2.42. The number of aliphatic carboxylic acids is 2. The standard InChI is InChI=1S/C32H36N8O10S2/c1-3-49-12-15-10-35-32(51-13-19(28(45)34-11-23(42)43)37-21(41)8-5-17(33)31(47)48)40-30(15)50-22-9-4-16-18(38-22)6-7-20-24(16)25-26(52-20)29(46)36-14(2)27(44)39-25/h4,6-7,9-10,14,17,19,27,39,44H,3,5,8,11-13,33H2,1-2H3,(H,34,45)(H,36,46)(H,37,41)(H,42,43)(H,47,48)/t14-,17+,19+,27+/m1/s1. The lowest BCUT2D eigenvalue weighted by atomic mass is 10.1. The van der Waals surface area contributed by atoms with E-state index >= 15 is 0 Å². The number of thiophene rings is 1. The Bertz CT molecular complexity index is 2010. The Morgan fingerprint density at radius 2 is 1.92 bits per heavy atom. The molecular formula is C32H36N8O10S2. The number of rotatable bonds is 16. The third kappa shape index (κ3) is 9.19. The van der Waals surface area contributed by atoms with Gasteiger partial charge in [-0.1, -0.05) is 11.8 Å². The largest absolute Gasteiger partial charge is 0.480 e. The molecule has 4 heterocycles. The maximum absolute atomic E-state index is 12.9. The van der Waals surface area contributed by atoms with Gasteiger partial charge in [-0.25, -0.2) is 9.97 Å². The zero-order valence-corrected chi connectivity index (χ0v) is 29.5. The van der Waals surface area contributed by atoms with E-state index in [2.05, 4.69) is 36.2 Å². The lowest BCUT2D eigenvalue weighted by Gasteiger charge is -2.18. The summed E-state index contributed by atoms with van der Waals surface area (Å²) >= 11 is 2.27. The minimum absolute atomic E-state index is 0.106. The van der Waals surface area contributed by atoms with Crippen LogP contribution in [0.3, 0.4) is 0 Å². The smallest absolute Gasteiger partial charge is 0.322 e. The quantitative estimate of drug-likeness (QED) is 0.0593. The van der Waals surface area contributed by atoms with Crippen molar-refractivity contribution >= 4 is 79.4 Å². The van der Waals surface area contributed by atoms with Crippen molar-refractivity contribution in [1.29, 1.82) is 0 Å². The highest BCUT2D eigenvalue weighted by molar-refractivity contribution is 7.99. The molecule has 0 radical (unpaired) electrons. The van der Waals surface area contributed by atoms with Crippen molar-refractivity contribution < 1.29 is 48.8 Å². The van der Waals surface area contributed by atoms with Gasteiger partial charge in [0, 0.05) is 46.5 Å². The van der Waals surface area contributed by atoms with Crippen LogP contribution in [0, 0.1) is 0 Å². The zero-order chi connectivity index (χ0) is 37.5. The summed E-state index contributed by atoms with van der Waals surface area (Å²) in [5.74, 6) is -4.14. The number of nitrogens with one attached hydrogen (secondary N) is 4. The number of hydrogen-bond acceptors (Lipinski definition) is 15. The monoisotopic (exact) mass is 756 g/mol. The molecule has 0 saturated heterocycles. The Hall–Kier alpha value is -5.15. The number of thioether (sulfide) groups is 1. The summed E-state index contributed by atoms with van der Waals surface area (Å²) in [5, 5.41) is 40.7. The van der Waals surface area contributed by atoms with Gasteiger partial charge in [0.1, 0.15) is 29.7 Å². The van der Waals surface area contributed by atoms with Crippen LogP contribution < -0.4 is 31.7 Å². The van der Waals surface area contributed by atoms with Crippen molar-refractivity contribution in [2.45, 2.75) is 62.8 Å². The van der Waals surface area contributed by atoms with Crippen LogP contribution in [0.25, 0.3) is 21.0 Å². The zero-order valence-electron chi connectivity index (χ0n) is 27.9. The minimum atomic E-state index is -1.29. The van der Waals surface area contributed by atoms with Crippen LogP contribution >= 0.6 is 23.1 Å². The Kier molecular flexibility index (Phi) is 12.4. The number of anilines is 1. The summed E-state index contributed by atoms with van der Waals surface area (Å²) in [5.41, 5.74) is 7.03. The molecular weight excluding hydrogens is 721 g/mol. The van der Waals surface area contributed by atoms with Crippen LogP contribution in [0.5, 0.6) is 11.8 Å². The molecule has 52 heavy (non-hydrogen) atoms. The van der Waals surface area contributed by atoms with Gasteiger partial charge < -0.3 is 51.8 Å². The lowest BCUT2D eigenvalue weighted by molar-refractivity contribution is -0.139. The molecule has 1 aliphatic rings. The molecule has 1 aliphatic heterocycles. The molecule has 0 saturated carbocycles. The van der Waals surface area contributed by atoms with E-state index in [-0.39, 0.29) is 48.0 Å². The topological polar surface area (TPSA) is 277 Å². The van der Waals surface area contributed by atoms with Gasteiger partial charge in [-0.2, -0.15) is 4.98 Å². The molecule has 0 spiro atoms. The Morgan fingerprint density at radius 3 is 2.65 bits per heavy atom. The number of benzene rings is 1. The summed E-state index contributed by atoms with van der Waals surface area (Å²) in [6.07, 6.45) is 0.0200. The van der Waals surface area contributed by atoms with Gasteiger partial charge in [-0.05, 0) is 38.5 Å². The SMILES string of the molecule is CCOCc1cnc(SC[C@H](NC(=O)CC[C@H](N)C(=O)O)C(=O)NCC(=O)O)nc1Oc1ccc2c(ccc3sc4c(c32)N[C@@H](O)[C@@H](C)NC4=O)n1. The summed E-state index contributed by atoms with van der Waals surface area (Å²) in [7, 11) is 0. The van der Waals surface area contributed by atoms with Gasteiger partial charge in [0.15, 0.2) is 5.16 Å². The van der Waals surface area contributed by atoms with Crippen molar-refractivity contribution in [1.82, 2.24) is 30.9 Å². The predicted octanol–water partition coefficient (Wildman–Crippen LogP) is 1.40. The van der Waals surface area contributed by atoms with Crippen LogP contribution in [0.2, 0.25) is 0 Å². The van der Waals surface area contributed by atoms with E-state index < -0.39 is 54.7 Å². The van der Waals surface area contributed by atoms with E-state index in [0.29, 0.717) is 28.3 Å². The number of hydrogen-bond donors (Lipinski definition) is 8. The van der Waals surface area contributed by atoms with Gasteiger partial charge in [0.2, 0.25) is 23.6 Å². The molecule has 5 rings (SSSR count). The number of aliphatic hydroxyl groups excluding tert-OH is 1. The first-order chi connectivity index (χ1) is 24.8. The van der Waals surface area contributed by atoms with Gasteiger partial charge in [0.05, 0.1) is 29.4 Å². The molecule has 4 aromatic rings. The fraction of sp³-hybridized carbons (Fsp3) is 0.375. The number of nitrogens with zero attached hydrogens (tertiary/aromatic N) is 3. The third-order valence-electron chi connectivity index (χ3n) is 7.74. The average molecular weight is 757 g/mol. The molecule has 0 unspecified atom stereocenters. The Morgan fingerprint density at radius 1 is 1.13 bits per heavy atom. The fourth-order valence-electron chi connectivity index (χ4n) is 5.01. The van der Waals surface area contributed by atoms with Crippen molar-refractivity contribution in [3.05, 3.63) is 40.9 Å². The number of carboxylic acid groups (broad SMARTS) is 2. The molecule has 18 nitrogen and oxygen atoms in total. The summed E-state index contributed by atoms with van der Waals surface area (Å²) in [6.45, 7) is 3.34. The first kappa shape index (κ1) is 38.1. The molecule has 0 fully saturated rings. The van der Waals surface area contributed by atoms with Gasteiger partial charge >= 0.3 is 11.9 Å². The molecule has 276 valence electrons. The number of fused-ring (bicyclic) bond motifs is 5. The van der Waals surface area contributed by atoms with Crippen LogP contribution in [-0.4, -0.2) is 103 Å². The second-order valence-electron chi connectivity index (χ2n) is 11.6. The average Bonchev–Trinajstić information content (AvgIpc) is 3.44. The summed E-state index contributed by atoms with van der Waals surface area (Å²) in [4.78, 5) is 74.2. The van der Waals surface area contributed by atoms with E-state index in [9.17, 15) is 29.1 Å². The first-order valence-corrected chi connectivity index (χ1v) is 17.8. The highest BCUT2D eigenvalue weighted by atomic mass is 32.2. The summed E-state index contributed by atoms with van der Waals surface area (Å²) in [6, 6.07) is 4.03. The van der Waals surface area contributed by atoms with Crippen LogP contribution in [0.15, 0.2) is 35.6 Å². The molecule has 20 heteroatoms. The molecule has 9 N–H and O–H groups in total.